The monoisotopic (exact) mass is 375 g/mol. The van der Waals surface area contributed by atoms with E-state index >= 15 is 0 Å². The van der Waals surface area contributed by atoms with E-state index < -0.39 is 0 Å². The number of aromatic nitrogens is 2. The van der Waals surface area contributed by atoms with Crippen molar-refractivity contribution in [2.24, 2.45) is 0 Å². The number of hydrogen-bond acceptors (Lipinski definition) is 4. The van der Waals surface area contributed by atoms with Gasteiger partial charge in [-0.15, -0.1) is 0 Å². The molecule has 0 spiro atoms. The minimum absolute atomic E-state index is 0.0463. The van der Waals surface area contributed by atoms with Crippen molar-refractivity contribution < 1.29 is 9.42 Å². The SMILES string of the molecule is CC(C)(C)c1ccc(C(=O)Nc2nonc2-c2ccc3c(c2)CCCC3)cc1. The number of rotatable bonds is 3. The Morgan fingerprint density at radius 3 is 2.39 bits per heavy atom. The molecule has 3 aromatic rings. The molecule has 0 saturated carbocycles. The van der Waals surface area contributed by atoms with Gasteiger partial charge in [-0.1, -0.05) is 45.0 Å². The first-order valence-corrected chi connectivity index (χ1v) is 9.78. The van der Waals surface area contributed by atoms with E-state index in [2.05, 4.69) is 48.5 Å². The van der Waals surface area contributed by atoms with E-state index in [0.29, 0.717) is 17.1 Å². The Bertz CT molecular complexity index is 997. The average Bonchev–Trinajstić information content (AvgIpc) is 3.15. The number of fused-ring (bicyclic) bond motifs is 1. The Kier molecular flexibility index (Phi) is 4.75. The molecule has 0 unspecified atom stereocenters. The molecular formula is C23H25N3O2. The Morgan fingerprint density at radius 1 is 0.964 bits per heavy atom. The molecule has 28 heavy (non-hydrogen) atoms. The van der Waals surface area contributed by atoms with Crippen molar-refractivity contribution >= 4 is 11.7 Å². The van der Waals surface area contributed by atoms with Gasteiger partial charge in [0.2, 0.25) is 5.82 Å². The van der Waals surface area contributed by atoms with Crippen LogP contribution in [-0.4, -0.2) is 16.2 Å². The van der Waals surface area contributed by atoms with E-state index in [1.807, 2.05) is 30.3 Å². The predicted octanol–water partition coefficient (Wildman–Crippen LogP) is 5.17. The summed E-state index contributed by atoms with van der Waals surface area (Å²) in [5.41, 5.74) is 6.03. The van der Waals surface area contributed by atoms with Crippen molar-refractivity contribution in [1.82, 2.24) is 10.3 Å². The summed E-state index contributed by atoms with van der Waals surface area (Å²) in [5.74, 6) is 0.121. The average molecular weight is 375 g/mol. The number of carbonyl (C=O) groups is 1. The zero-order chi connectivity index (χ0) is 19.7. The van der Waals surface area contributed by atoms with E-state index in [4.69, 9.17) is 4.63 Å². The highest BCUT2D eigenvalue weighted by Gasteiger charge is 2.19. The zero-order valence-corrected chi connectivity index (χ0v) is 16.6. The number of benzene rings is 2. The number of nitrogens with one attached hydrogen (secondary N) is 1. The van der Waals surface area contributed by atoms with Crippen LogP contribution in [0.25, 0.3) is 11.3 Å². The molecule has 5 nitrogen and oxygen atoms in total. The molecule has 0 atom stereocenters. The lowest BCUT2D eigenvalue weighted by Crippen LogP contribution is -2.15. The van der Waals surface area contributed by atoms with Gasteiger partial charge in [-0.3, -0.25) is 4.79 Å². The van der Waals surface area contributed by atoms with Crippen molar-refractivity contribution in [2.75, 3.05) is 5.32 Å². The van der Waals surface area contributed by atoms with Crippen LogP contribution in [0.5, 0.6) is 0 Å². The number of anilines is 1. The van der Waals surface area contributed by atoms with Crippen LogP contribution in [0.15, 0.2) is 47.1 Å². The first-order valence-electron chi connectivity index (χ1n) is 9.78. The maximum absolute atomic E-state index is 12.7. The molecule has 1 N–H and O–H groups in total. The molecule has 0 radical (unpaired) electrons. The van der Waals surface area contributed by atoms with Crippen LogP contribution >= 0.6 is 0 Å². The normalized spacial score (nSPS) is 13.8. The molecule has 0 aliphatic heterocycles. The van der Waals surface area contributed by atoms with E-state index in [-0.39, 0.29) is 11.3 Å². The summed E-state index contributed by atoms with van der Waals surface area (Å²) in [5, 5.41) is 10.8. The lowest BCUT2D eigenvalue weighted by molar-refractivity contribution is 0.102. The number of nitrogens with zero attached hydrogens (tertiary/aromatic N) is 2. The summed E-state index contributed by atoms with van der Waals surface area (Å²) in [6.07, 6.45) is 4.66. The van der Waals surface area contributed by atoms with Gasteiger partial charge in [0, 0.05) is 11.1 Å². The van der Waals surface area contributed by atoms with Crippen molar-refractivity contribution in [3.8, 4) is 11.3 Å². The summed E-state index contributed by atoms with van der Waals surface area (Å²) in [6.45, 7) is 6.44. The van der Waals surface area contributed by atoms with Gasteiger partial charge >= 0.3 is 0 Å². The second-order valence-electron chi connectivity index (χ2n) is 8.43. The van der Waals surface area contributed by atoms with Gasteiger partial charge in [-0.2, -0.15) is 0 Å². The van der Waals surface area contributed by atoms with Crippen molar-refractivity contribution in [3.05, 3.63) is 64.7 Å². The topological polar surface area (TPSA) is 68.0 Å². The van der Waals surface area contributed by atoms with Crippen LogP contribution in [0, 0.1) is 0 Å². The molecule has 0 fully saturated rings. The largest absolute Gasteiger partial charge is 0.302 e. The summed E-state index contributed by atoms with van der Waals surface area (Å²) in [4.78, 5) is 12.7. The van der Waals surface area contributed by atoms with Crippen molar-refractivity contribution in [1.29, 1.82) is 0 Å². The fourth-order valence-corrected chi connectivity index (χ4v) is 3.64. The third kappa shape index (κ3) is 3.70. The fourth-order valence-electron chi connectivity index (χ4n) is 3.64. The third-order valence-corrected chi connectivity index (χ3v) is 5.36. The Hall–Kier alpha value is -2.95. The molecule has 5 heteroatoms. The second kappa shape index (κ2) is 7.23. The molecule has 0 bridgehead atoms. The molecule has 0 saturated heterocycles. The lowest BCUT2D eigenvalue weighted by atomic mass is 9.87. The highest BCUT2D eigenvalue weighted by molar-refractivity contribution is 6.05. The standard InChI is InChI=1S/C23H25N3O2/c1-23(2,3)19-12-10-16(11-13-19)22(27)24-21-20(25-28-26-21)18-9-8-15-6-4-5-7-17(15)14-18/h8-14H,4-7H2,1-3H3,(H,24,26,27). The molecular weight excluding hydrogens is 350 g/mol. The summed E-state index contributed by atoms with van der Waals surface area (Å²) in [7, 11) is 0. The van der Waals surface area contributed by atoms with Gasteiger partial charge in [0.25, 0.3) is 5.91 Å². The van der Waals surface area contributed by atoms with Crippen molar-refractivity contribution in [2.45, 2.75) is 51.9 Å². The summed E-state index contributed by atoms with van der Waals surface area (Å²) in [6, 6.07) is 14.0. The van der Waals surface area contributed by atoms with Crippen molar-refractivity contribution in [3.63, 3.8) is 0 Å². The third-order valence-electron chi connectivity index (χ3n) is 5.36. The molecule has 1 aliphatic carbocycles. The quantitative estimate of drug-likeness (QED) is 0.686. The van der Waals surface area contributed by atoms with Gasteiger partial charge in [-0.05, 0) is 76.3 Å². The van der Waals surface area contributed by atoms with Gasteiger partial charge in [0.05, 0.1) is 0 Å². The first kappa shape index (κ1) is 18.4. The van der Waals surface area contributed by atoms with Gasteiger partial charge in [0.15, 0.2) is 5.69 Å². The number of hydrogen-bond donors (Lipinski definition) is 1. The van der Waals surface area contributed by atoms with Gasteiger partial charge < -0.3 is 5.32 Å². The van der Waals surface area contributed by atoms with Crippen LogP contribution < -0.4 is 5.32 Å². The second-order valence-corrected chi connectivity index (χ2v) is 8.43. The minimum atomic E-state index is -0.227. The van der Waals surface area contributed by atoms with E-state index in [9.17, 15) is 4.79 Å². The summed E-state index contributed by atoms with van der Waals surface area (Å²) < 4.78 is 4.93. The van der Waals surface area contributed by atoms with Gasteiger partial charge in [-0.25, -0.2) is 4.63 Å². The first-order chi connectivity index (χ1) is 13.4. The molecule has 1 aliphatic rings. The molecule has 1 aromatic heterocycles. The zero-order valence-electron chi connectivity index (χ0n) is 16.6. The fraction of sp³-hybridized carbons (Fsp3) is 0.348. The highest BCUT2D eigenvalue weighted by Crippen LogP contribution is 2.30. The van der Waals surface area contributed by atoms with Crippen LogP contribution in [0.3, 0.4) is 0 Å². The summed E-state index contributed by atoms with van der Waals surface area (Å²) >= 11 is 0. The number of amides is 1. The van der Waals surface area contributed by atoms with E-state index in [1.165, 1.54) is 29.5 Å². The van der Waals surface area contributed by atoms with Crippen LogP contribution in [0.2, 0.25) is 0 Å². The van der Waals surface area contributed by atoms with E-state index in [0.717, 1.165) is 18.4 Å². The van der Waals surface area contributed by atoms with Crippen LogP contribution in [-0.2, 0) is 18.3 Å². The predicted molar refractivity (Wildman–Crippen MR) is 109 cm³/mol. The van der Waals surface area contributed by atoms with E-state index in [1.54, 1.807) is 0 Å². The molecule has 1 heterocycles. The maximum atomic E-state index is 12.7. The molecule has 1 amide bonds. The number of aryl methyl sites for hydroxylation is 2. The van der Waals surface area contributed by atoms with Gasteiger partial charge in [0.1, 0.15) is 0 Å². The minimum Gasteiger partial charge on any atom is -0.302 e. The lowest BCUT2D eigenvalue weighted by Gasteiger charge is -2.19. The molecule has 4 rings (SSSR count). The molecule has 144 valence electrons. The Balaban J connectivity index is 1.55. The Labute approximate surface area is 165 Å². The van der Waals surface area contributed by atoms with Crippen LogP contribution in [0.1, 0.15) is 60.7 Å². The Morgan fingerprint density at radius 2 is 1.68 bits per heavy atom. The smallest absolute Gasteiger partial charge is 0.256 e. The maximum Gasteiger partial charge on any atom is 0.256 e. The number of carbonyl (C=O) groups excluding carboxylic acids is 1. The highest BCUT2D eigenvalue weighted by atomic mass is 16.6. The van der Waals surface area contributed by atoms with Crippen LogP contribution in [0.4, 0.5) is 5.82 Å². The molecule has 2 aromatic carbocycles.